The average Bonchev–Trinajstić information content (AvgIpc) is 3.44. The van der Waals surface area contributed by atoms with Crippen molar-refractivity contribution in [2.45, 2.75) is 68.3 Å². The third-order valence-corrected chi connectivity index (χ3v) is 6.87. The second-order valence-electron chi connectivity index (χ2n) is 7.49. The van der Waals surface area contributed by atoms with Gasteiger partial charge in [-0.05, 0) is 62.3 Å². The molecule has 1 aromatic rings. The largest absolute Gasteiger partial charge is 0.353 e. The van der Waals surface area contributed by atoms with E-state index in [9.17, 15) is 13.2 Å². The highest BCUT2D eigenvalue weighted by atomic mass is 35.5. The Hall–Kier alpha value is -1.15. The molecule has 2 aliphatic carbocycles. The van der Waals surface area contributed by atoms with Gasteiger partial charge in [0.1, 0.15) is 0 Å². The fourth-order valence-corrected chi connectivity index (χ4v) is 4.85. The molecule has 4 N–H and O–H groups in total. The Morgan fingerprint density at radius 2 is 1.74 bits per heavy atom. The van der Waals surface area contributed by atoms with Crippen molar-refractivity contribution in [2.24, 2.45) is 11.7 Å². The molecule has 0 spiro atoms. The number of nitrogens with one attached hydrogen (secondary N) is 2. The molecule has 152 valence electrons. The Bertz CT molecular complexity index is 720. The van der Waals surface area contributed by atoms with Gasteiger partial charge in [-0.15, -0.1) is 12.4 Å². The number of sulfonamides is 1. The summed E-state index contributed by atoms with van der Waals surface area (Å²) in [5.74, 6) is 0.429. The van der Waals surface area contributed by atoms with Crippen LogP contribution in [0.4, 0.5) is 0 Å². The van der Waals surface area contributed by atoms with Crippen LogP contribution in [-0.2, 0) is 21.2 Å². The van der Waals surface area contributed by atoms with Gasteiger partial charge >= 0.3 is 0 Å². The Morgan fingerprint density at radius 3 is 2.37 bits per heavy atom. The number of carbonyl (C=O) groups excluding carboxylic acids is 1. The van der Waals surface area contributed by atoms with Gasteiger partial charge in [-0.3, -0.25) is 4.79 Å². The predicted molar refractivity (Wildman–Crippen MR) is 108 cm³/mol. The minimum atomic E-state index is -3.41. The number of carbonyl (C=O) groups is 1. The number of aryl methyl sites for hydroxylation is 1. The van der Waals surface area contributed by atoms with E-state index in [-0.39, 0.29) is 35.3 Å². The van der Waals surface area contributed by atoms with Gasteiger partial charge in [0.25, 0.3) is 0 Å². The van der Waals surface area contributed by atoms with E-state index in [0.717, 1.165) is 37.7 Å². The molecule has 1 amide bonds. The molecule has 2 aliphatic rings. The smallest absolute Gasteiger partial charge is 0.240 e. The summed E-state index contributed by atoms with van der Waals surface area (Å²) in [5, 5.41) is 3.13. The van der Waals surface area contributed by atoms with Crippen LogP contribution in [0, 0.1) is 5.92 Å². The quantitative estimate of drug-likeness (QED) is 0.605. The number of rotatable bonds is 8. The molecule has 3 rings (SSSR count). The monoisotopic (exact) mass is 415 g/mol. The lowest BCUT2D eigenvalue weighted by Gasteiger charge is -2.31. The molecule has 6 nitrogen and oxygen atoms in total. The lowest BCUT2D eigenvalue weighted by Crippen LogP contribution is -2.44. The van der Waals surface area contributed by atoms with Gasteiger partial charge in [-0.1, -0.05) is 25.0 Å². The van der Waals surface area contributed by atoms with Crippen molar-refractivity contribution >= 4 is 28.3 Å². The molecule has 2 saturated carbocycles. The summed E-state index contributed by atoms with van der Waals surface area (Å²) < 4.78 is 27.0. The summed E-state index contributed by atoms with van der Waals surface area (Å²) in [6.45, 7) is 0.621. The Morgan fingerprint density at radius 1 is 1.07 bits per heavy atom. The second kappa shape index (κ2) is 9.87. The Labute approximate surface area is 168 Å². The average molecular weight is 416 g/mol. The van der Waals surface area contributed by atoms with E-state index < -0.39 is 10.0 Å². The van der Waals surface area contributed by atoms with Crippen LogP contribution in [0.2, 0.25) is 0 Å². The summed E-state index contributed by atoms with van der Waals surface area (Å²) in [6, 6.07) is 7.10. The number of benzene rings is 1. The molecule has 0 radical (unpaired) electrons. The zero-order valence-electron chi connectivity index (χ0n) is 15.5. The molecular formula is C19H30ClN3O3S. The van der Waals surface area contributed by atoms with Crippen molar-refractivity contribution in [3.05, 3.63) is 29.8 Å². The Kier molecular flexibility index (Phi) is 8.09. The van der Waals surface area contributed by atoms with Crippen molar-refractivity contribution < 1.29 is 13.2 Å². The molecule has 0 aromatic heterocycles. The molecule has 0 heterocycles. The van der Waals surface area contributed by atoms with E-state index in [2.05, 4.69) is 10.0 Å². The molecule has 1 aromatic carbocycles. The summed E-state index contributed by atoms with van der Waals surface area (Å²) in [4.78, 5) is 12.5. The second-order valence-corrected chi connectivity index (χ2v) is 9.21. The number of amides is 1. The summed E-state index contributed by atoms with van der Waals surface area (Å²) in [6.07, 6.45) is 7.27. The fraction of sp³-hybridized carbons (Fsp3) is 0.632. The highest BCUT2D eigenvalue weighted by Gasteiger charge is 2.28. The van der Waals surface area contributed by atoms with Gasteiger partial charge in [0.2, 0.25) is 15.9 Å². The van der Waals surface area contributed by atoms with E-state index in [1.54, 1.807) is 24.3 Å². The van der Waals surface area contributed by atoms with Gasteiger partial charge in [-0.25, -0.2) is 13.1 Å². The predicted octanol–water partition coefficient (Wildman–Crippen LogP) is 2.12. The van der Waals surface area contributed by atoms with Crippen molar-refractivity contribution in [3.8, 4) is 0 Å². The normalized spacial score (nSPS) is 22.7. The van der Waals surface area contributed by atoms with Crippen molar-refractivity contribution in [2.75, 3.05) is 6.54 Å². The number of hydrogen-bond donors (Lipinski definition) is 3. The molecule has 2 unspecified atom stereocenters. The highest BCUT2D eigenvalue weighted by Crippen LogP contribution is 2.24. The Balaban J connectivity index is 0.00000261. The maximum atomic E-state index is 12.2. The van der Waals surface area contributed by atoms with Crippen LogP contribution < -0.4 is 15.8 Å². The van der Waals surface area contributed by atoms with Gasteiger partial charge in [0.15, 0.2) is 0 Å². The maximum Gasteiger partial charge on any atom is 0.240 e. The van der Waals surface area contributed by atoms with Crippen LogP contribution in [0.1, 0.15) is 50.5 Å². The van der Waals surface area contributed by atoms with Crippen molar-refractivity contribution in [3.63, 3.8) is 0 Å². The maximum absolute atomic E-state index is 12.2. The highest BCUT2D eigenvalue weighted by molar-refractivity contribution is 7.89. The lowest BCUT2D eigenvalue weighted by molar-refractivity contribution is -0.122. The first kappa shape index (κ1) is 22.1. The zero-order chi connectivity index (χ0) is 18.6. The van der Waals surface area contributed by atoms with Gasteiger partial charge in [0.05, 0.1) is 4.90 Å². The van der Waals surface area contributed by atoms with E-state index in [1.165, 1.54) is 6.42 Å². The molecule has 2 fully saturated rings. The number of hydrogen-bond acceptors (Lipinski definition) is 4. The first-order valence-electron chi connectivity index (χ1n) is 9.58. The number of nitrogens with two attached hydrogens (primary N) is 1. The molecule has 0 saturated heterocycles. The summed E-state index contributed by atoms with van der Waals surface area (Å²) in [5.41, 5.74) is 6.77. The first-order valence-corrected chi connectivity index (χ1v) is 11.1. The lowest BCUT2D eigenvalue weighted by atomic mass is 9.84. The minimum absolute atomic E-state index is 0. The van der Waals surface area contributed by atoms with E-state index >= 15 is 0 Å². The molecule has 27 heavy (non-hydrogen) atoms. The topological polar surface area (TPSA) is 101 Å². The van der Waals surface area contributed by atoms with Crippen molar-refractivity contribution in [1.29, 1.82) is 0 Å². The molecule has 8 heteroatoms. The van der Waals surface area contributed by atoms with Crippen LogP contribution >= 0.6 is 12.4 Å². The molecule has 2 atom stereocenters. The molecular weight excluding hydrogens is 386 g/mol. The van der Waals surface area contributed by atoms with Gasteiger partial charge in [-0.2, -0.15) is 0 Å². The molecule has 0 aliphatic heterocycles. The van der Waals surface area contributed by atoms with Crippen LogP contribution in [0.25, 0.3) is 0 Å². The van der Waals surface area contributed by atoms with Crippen LogP contribution in [0.3, 0.4) is 0 Å². The fourth-order valence-electron chi connectivity index (χ4n) is 3.54. The minimum Gasteiger partial charge on any atom is -0.353 e. The summed E-state index contributed by atoms with van der Waals surface area (Å²) >= 11 is 0. The van der Waals surface area contributed by atoms with E-state index in [1.807, 2.05) is 0 Å². The van der Waals surface area contributed by atoms with E-state index in [4.69, 9.17) is 5.73 Å². The molecule has 0 bridgehead atoms. The zero-order valence-corrected chi connectivity index (χ0v) is 17.2. The third kappa shape index (κ3) is 6.45. The first-order chi connectivity index (χ1) is 12.5. The van der Waals surface area contributed by atoms with Crippen LogP contribution in [-0.4, -0.2) is 33.0 Å². The van der Waals surface area contributed by atoms with Crippen LogP contribution in [0.15, 0.2) is 29.2 Å². The van der Waals surface area contributed by atoms with Gasteiger partial charge < -0.3 is 11.1 Å². The standard InChI is InChI=1S/C19H29N3O3S.ClH/c20-13-15-3-1-2-4-18(15)21-19(23)12-7-14-5-10-17(11-6-14)26(24,25)22-16-8-9-16;/h5-6,10-11,15-16,18,22H,1-4,7-9,12-13,20H2,(H,21,23);1H. The van der Waals surface area contributed by atoms with E-state index in [0.29, 0.717) is 25.3 Å². The SMILES string of the molecule is Cl.NCC1CCCCC1NC(=O)CCc1ccc(S(=O)(=O)NC2CC2)cc1. The van der Waals surface area contributed by atoms with Gasteiger partial charge in [0, 0.05) is 18.5 Å². The van der Waals surface area contributed by atoms with Crippen LogP contribution in [0.5, 0.6) is 0 Å². The summed E-state index contributed by atoms with van der Waals surface area (Å²) in [7, 11) is -3.41. The van der Waals surface area contributed by atoms with Crippen molar-refractivity contribution in [1.82, 2.24) is 10.0 Å². The third-order valence-electron chi connectivity index (χ3n) is 5.33. The number of halogens is 1.